The molecule has 0 saturated heterocycles. The van der Waals surface area contributed by atoms with Crippen LogP contribution in [-0.4, -0.2) is 0 Å². The molecule has 0 unspecified atom stereocenters. The molecule has 0 N–H and O–H groups in total. The van der Waals surface area contributed by atoms with Gasteiger partial charge in [0.25, 0.3) is 0 Å². The Morgan fingerprint density at radius 3 is 0.547 bits per heavy atom. The van der Waals surface area contributed by atoms with Crippen LogP contribution >= 0.6 is 15.9 Å². The quantitative estimate of drug-likeness (QED) is 0.135. The van der Waals surface area contributed by atoms with Crippen molar-refractivity contribution in [3.63, 3.8) is 0 Å². The van der Waals surface area contributed by atoms with E-state index < -0.39 is 0 Å². The Bertz CT molecular complexity index is 2550. The van der Waals surface area contributed by atoms with Crippen molar-refractivity contribution >= 4 is 67.1 Å². The second-order valence-electron chi connectivity index (χ2n) is 16.6. The van der Waals surface area contributed by atoms with Crippen LogP contribution in [0.1, 0.15) is 37.8 Å². The van der Waals surface area contributed by atoms with Gasteiger partial charge in [-0.15, -0.1) is 0 Å². The Morgan fingerprint density at radius 1 is 0.234 bits per heavy atom. The molecule has 3 nitrogen and oxygen atoms in total. The molecule has 9 rings (SSSR count). The van der Waals surface area contributed by atoms with Crippen LogP contribution in [-0.2, 0) is 0 Å². The monoisotopic (exact) mass is 902 g/mol. The minimum absolute atomic E-state index is 0. The van der Waals surface area contributed by atoms with E-state index in [4.69, 9.17) is 2.97 Å². The van der Waals surface area contributed by atoms with E-state index in [0.29, 0.717) is 0 Å². The average molecular weight is 904 g/mol. The Hall–Kier alpha value is -7.14. The van der Waals surface area contributed by atoms with Gasteiger partial charge in [0.15, 0.2) is 0 Å². The second-order valence-corrected chi connectivity index (χ2v) is 17.5. The molecule has 0 atom stereocenters. The highest BCUT2D eigenvalue weighted by molar-refractivity contribution is 9.10. The predicted octanol–water partition coefficient (Wildman–Crippen LogP) is 18.6. The van der Waals surface area contributed by atoms with Crippen molar-refractivity contribution in [3.8, 4) is 11.1 Å². The maximum Gasteiger partial charge on any atom is 0.0462 e. The van der Waals surface area contributed by atoms with E-state index in [0.717, 1.165) is 55.7 Å². The molecule has 9 aromatic rings. The summed E-state index contributed by atoms with van der Waals surface area (Å²) in [6.45, 7) is 12.7. The molecule has 320 valence electrons. The summed E-state index contributed by atoms with van der Waals surface area (Å²) in [5.41, 5.74) is 20.3. The minimum atomic E-state index is 0. The fraction of sp³-hybridized carbons (Fsp3) is 0.100. The number of halogens is 1. The molecule has 0 radical (unpaired) electrons. The van der Waals surface area contributed by atoms with E-state index in [-0.39, 0.29) is 1.43 Å². The lowest BCUT2D eigenvalue weighted by molar-refractivity contribution is 1.26. The Kier molecular flexibility index (Phi) is 13.1. The first kappa shape index (κ1) is 42.2. The van der Waals surface area contributed by atoms with Crippen molar-refractivity contribution in [3.05, 3.63) is 256 Å². The first-order chi connectivity index (χ1) is 32.1. The maximum atomic E-state index is 5.00. The summed E-state index contributed by atoms with van der Waals surface area (Å²) in [5.74, 6) is 0. The maximum absolute atomic E-state index is 5.00. The number of rotatable bonds is 10. The molecule has 0 bridgehead atoms. The molecule has 0 spiro atoms. The van der Waals surface area contributed by atoms with Crippen LogP contribution in [0.25, 0.3) is 11.1 Å². The third kappa shape index (κ3) is 10.5. The fourth-order valence-corrected chi connectivity index (χ4v) is 7.97. The summed E-state index contributed by atoms with van der Waals surface area (Å²) >= 11 is 3.51. The van der Waals surface area contributed by atoms with Crippen molar-refractivity contribution in [2.24, 2.45) is 0 Å². The summed E-state index contributed by atoms with van der Waals surface area (Å²) in [6, 6.07) is 78.3. The number of hydrogen-bond donors (Lipinski definition) is 0. The molecule has 0 fully saturated rings. The zero-order chi connectivity index (χ0) is 46.6. The third-order valence-electron chi connectivity index (χ3n) is 11.4. The molecule has 0 heterocycles. The first-order valence-electron chi connectivity index (χ1n) is 22.8. The standard InChI is InChI=1S/C40H36N2.C20H18BrN.2H2/c1-29-5-17-35(18-6-29)41(36-19-7-30(2)8-20-36)39-25-13-33(14-26-39)34-15-27-40(28-16-34)42(37-21-9-31(3)10-22-37)38-23-11-32(4)12-24-38;1-15-3-9-18(10-4-15)22(19-11-5-16(2)6-12-19)20-13-7-17(21)8-14-20;;/h5-28H,1-4H3;3-14H,1-2H3;2*1H/i;;1+1D;1+1. The zero-order valence-electron chi connectivity index (χ0n) is 39.5. The molecule has 0 amide bonds. The number of benzene rings is 9. The van der Waals surface area contributed by atoms with Gasteiger partial charge in [0, 0.05) is 60.1 Å². The minimum Gasteiger partial charge on any atom is -0.311 e. The van der Waals surface area contributed by atoms with Gasteiger partial charge in [-0.1, -0.05) is 146 Å². The van der Waals surface area contributed by atoms with Crippen LogP contribution in [0.4, 0.5) is 51.2 Å². The van der Waals surface area contributed by atoms with Crippen molar-refractivity contribution in [1.29, 1.82) is 0 Å². The van der Waals surface area contributed by atoms with Crippen LogP contribution < -0.4 is 14.7 Å². The number of anilines is 9. The van der Waals surface area contributed by atoms with Gasteiger partial charge in [-0.05, 0) is 174 Å². The smallest absolute Gasteiger partial charge is 0.0462 e. The van der Waals surface area contributed by atoms with E-state index >= 15 is 0 Å². The Morgan fingerprint density at radius 2 is 0.375 bits per heavy atom. The normalized spacial score (nSPS) is 10.9. The SMILES string of the molecule is Cc1ccc(N(c2ccc(C)cc2)c2ccc(-c3ccc(N(c4ccc(C)cc4)c4ccc(C)cc4)cc3)cc2)cc1.Cc1ccc(N(c2ccc(C)cc2)c2ccc(Br)cc2)cc1.[2HH].[2H][2H]. The van der Waals surface area contributed by atoms with Gasteiger partial charge in [0.1, 0.15) is 0 Å². The molecular weight excluding hydrogens is 843 g/mol. The largest absolute Gasteiger partial charge is 0.311 e. The topological polar surface area (TPSA) is 9.72 Å². The van der Waals surface area contributed by atoms with Crippen molar-refractivity contribution in [2.75, 3.05) is 14.7 Å². The van der Waals surface area contributed by atoms with E-state index in [2.05, 4.69) is 291 Å². The highest BCUT2D eigenvalue weighted by Crippen LogP contribution is 2.39. The van der Waals surface area contributed by atoms with E-state index in [1.54, 1.807) is 0 Å². The third-order valence-corrected chi connectivity index (χ3v) is 12.0. The van der Waals surface area contributed by atoms with E-state index in [1.807, 2.05) is 0 Å². The molecular formula is C60H58BrN3. The van der Waals surface area contributed by atoms with Gasteiger partial charge < -0.3 is 14.7 Å². The molecule has 4 heteroatoms. The van der Waals surface area contributed by atoms with Crippen LogP contribution in [0, 0.1) is 41.5 Å². The zero-order valence-corrected chi connectivity index (χ0v) is 39.1. The highest BCUT2D eigenvalue weighted by atomic mass is 79.9. The lowest BCUT2D eigenvalue weighted by atomic mass is 10.0. The molecule has 0 aliphatic heterocycles. The summed E-state index contributed by atoms with van der Waals surface area (Å²) in [5, 5.41) is 0. The van der Waals surface area contributed by atoms with Gasteiger partial charge in [-0.25, -0.2) is 0 Å². The lowest BCUT2D eigenvalue weighted by Gasteiger charge is -2.26. The summed E-state index contributed by atoms with van der Waals surface area (Å²) in [7, 11) is 0. The van der Waals surface area contributed by atoms with Crippen LogP contribution in [0.2, 0.25) is 0 Å². The van der Waals surface area contributed by atoms with Gasteiger partial charge in [0.2, 0.25) is 0 Å². The Balaban J connectivity index is 0.000000250. The average Bonchev–Trinajstić information content (AvgIpc) is 3.35. The van der Waals surface area contributed by atoms with Crippen molar-refractivity contribution in [1.82, 2.24) is 0 Å². The van der Waals surface area contributed by atoms with E-state index in [9.17, 15) is 0 Å². The molecule has 0 aromatic heterocycles. The van der Waals surface area contributed by atoms with Crippen LogP contribution in [0.5, 0.6) is 0 Å². The molecule has 64 heavy (non-hydrogen) atoms. The summed E-state index contributed by atoms with van der Waals surface area (Å²) < 4.78 is 11.1. The molecule has 0 aliphatic rings. The predicted molar refractivity (Wildman–Crippen MR) is 283 cm³/mol. The van der Waals surface area contributed by atoms with Gasteiger partial charge in [0.05, 0.1) is 0 Å². The van der Waals surface area contributed by atoms with Gasteiger partial charge >= 0.3 is 0 Å². The number of nitrogens with zero attached hydrogens (tertiary/aromatic N) is 3. The van der Waals surface area contributed by atoms with Crippen LogP contribution in [0.3, 0.4) is 0 Å². The summed E-state index contributed by atoms with van der Waals surface area (Å²) in [6.07, 6.45) is 0. The van der Waals surface area contributed by atoms with Crippen LogP contribution in [0.15, 0.2) is 223 Å². The summed E-state index contributed by atoms with van der Waals surface area (Å²) in [4.78, 5) is 6.89. The molecule has 9 aromatic carbocycles. The van der Waals surface area contributed by atoms with E-state index in [1.165, 1.54) is 44.5 Å². The van der Waals surface area contributed by atoms with Gasteiger partial charge in [-0.2, -0.15) is 0 Å². The van der Waals surface area contributed by atoms with Crippen molar-refractivity contribution in [2.45, 2.75) is 41.5 Å². The highest BCUT2D eigenvalue weighted by Gasteiger charge is 2.16. The fourth-order valence-electron chi connectivity index (χ4n) is 7.70. The van der Waals surface area contributed by atoms with Crippen molar-refractivity contribution < 1.29 is 4.40 Å². The number of aryl methyl sites for hydroxylation is 6. The molecule has 0 saturated carbocycles. The molecule has 0 aliphatic carbocycles. The Labute approximate surface area is 393 Å². The lowest BCUT2D eigenvalue weighted by Crippen LogP contribution is -2.10. The first-order valence-corrected chi connectivity index (χ1v) is 22.6. The number of hydrogen-bond acceptors (Lipinski definition) is 3. The second kappa shape index (κ2) is 19.9. The van der Waals surface area contributed by atoms with Gasteiger partial charge in [-0.3, -0.25) is 0 Å².